The molecule has 1 aliphatic rings. The van der Waals surface area contributed by atoms with Crippen LogP contribution in [0.25, 0.3) is 0 Å². The molecule has 50 valence electrons. The number of nitrogens with zero attached hydrogens (tertiary/aromatic N) is 1. The number of nitrogens with one attached hydrogen (secondary N) is 1. The molecule has 0 fully saturated rings. The van der Waals surface area contributed by atoms with E-state index in [-0.39, 0.29) is 11.8 Å². The average molecular weight is 127 g/mol. The first-order chi connectivity index (χ1) is 4.20. The van der Waals surface area contributed by atoms with Crippen LogP contribution in [0.4, 0.5) is 0 Å². The lowest BCUT2D eigenvalue weighted by molar-refractivity contribution is -0.121. The van der Waals surface area contributed by atoms with Crippen molar-refractivity contribution in [3.63, 3.8) is 0 Å². The van der Waals surface area contributed by atoms with Gasteiger partial charge in [0.1, 0.15) is 5.84 Å². The van der Waals surface area contributed by atoms with Crippen molar-refractivity contribution >= 4 is 11.7 Å². The first kappa shape index (κ1) is 6.07. The van der Waals surface area contributed by atoms with Crippen molar-refractivity contribution in [3.05, 3.63) is 0 Å². The van der Waals surface area contributed by atoms with Gasteiger partial charge in [0.2, 0.25) is 5.91 Å². The van der Waals surface area contributed by atoms with Crippen LogP contribution in [0.5, 0.6) is 0 Å². The van der Waals surface area contributed by atoms with Gasteiger partial charge in [0, 0.05) is 12.3 Å². The number of carbonyl (C=O) groups is 1. The normalized spacial score (nSPS) is 27.0. The van der Waals surface area contributed by atoms with Gasteiger partial charge in [-0.1, -0.05) is 6.92 Å². The maximum atomic E-state index is 10.5. The topological polar surface area (TPSA) is 67.5 Å². The Kier molecular flexibility index (Phi) is 1.38. The van der Waals surface area contributed by atoms with E-state index in [0.29, 0.717) is 12.3 Å². The fourth-order valence-electron chi connectivity index (χ4n) is 0.665. The summed E-state index contributed by atoms with van der Waals surface area (Å²) in [4.78, 5) is 10.5. The SMILES string of the molecule is CC1CC(=O)NN=C1N. The molecule has 3 N–H and O–H groups in total. The highest BCUT2D eigenvalue weighted by Crippen LogP contribution is 2.04. The first-order valence-corrected chi connectivity index (χ1v) is 2.82. The summed E-state index contributed by atoms with van der Waals surface area (Å²) in [7, 11) is 0. The molecule has 1 unspecified atom stereocenters. The largest absolute Gasteiger partial charge is 0.385 e. The van der Waals surface area contributed by atoms with E-state index in [2.05, 4.69) is 10.5 Å². The number of nitrogens with two attached hydrogens (primary N) is 1. The Bertz CT molecular complexity index is 164. The van der Waals surface area contributed by atoms with Crippen LogP contribution in [-0.2, 0) is 4.79 Å². The maximum Gasteiger partial charge on any atom is 0.240 e. The third kappa shape index (κ3) is 1.19. The maximum absolute atomic E-state index is 10.5. The average Bonchev–Trinajstić information content (AvgIpc) is 1.80. The van der Waals surface area contributed by atoms with Gasteiger partial charge in [-0.15, -0.1) is 0 Å². The van der Waals surface area contributed by atoms with Crippen molar-refractivity contribution in [1.29, 1.82) is 0 Å². The number of rotatable bonds is 0. The molecule has 0 radical (unpaired) electrons. The van der Waals surface area contributed by atoms with Gasteiger partial charge in [0.05, 0.1) is 0 Å². The molecule has 0 aromatic carbocycles. The lowest BCUT2D eigenvalue weighted by atomic mass is 10.1. The fourth-order valence-corrected chi connectivity index (χ4v) is 0.665. The molecule has 0 bridgehead atoms. The van der Waals surface area contributed by atoms with Crippen molar-refractivity contribution < 1.29 is 4.79 Å². The van der Waals surface area contributed by atoms with Crippen molar-refractivity contribution in [2.24, 2.45) is 16.8 Å². The first-order valence-electron chi connectivity index (χ1n) is 2.82. The summed E-state index contributed by atoms with van der Waals surface area (Å²) in [5.74, 6) is 0.546. The van der Waals surface area contributed by atoms with E-state index in [1.165, 1.54) is 0 Å². The van der Waals surface area contributed by atoms with Crippen molar-refractivity contribution in [2.45, 2.75) is 13.3 Å². The third-order valence-electron chi connectivity index (χ3n) is 1.31. The zero-order valence-electron chi connectivity index (χ0n) is 5.22. The predicted molar refractivity (Wildman–Crippen MR) is 33.5 cm³/mol. The quantitative estimate of drug-likeness (QED) is 0.457. The van der Waals surface area contributed by atoms with Crippen LogP contribution in [0.15, 0.2) is 5.10 Å². The molecule has 1 heterocycles. The number of amides is 1. The van der Waals surface area contributed by atoms with Gasteiger partial charge in [-0.3, -0.25) is 4.79 Å². The summed E-state index contributed by atoms with van der Waals surface area (Å²) >= 11 is 0. The van der Waals surface area contributed by atoms with E-state index in [9.17, 15) is 4.79 Å². The Balaban J connectivity index is 2.67. The number of hydrogen-bond acceptors (Lipinski definition) is 3. The standard InChI is InChI=1S/C5H9N3O/c1-3-2-4(9)7-8-5(3)6/h3H,2H2,1H3,(H2,6,8)(H,7,9). The van der Waals surface area contributed by atoms with Crippen LogP contribution in [0.3, 0.4) is 0 Å². The molecule has 9 heavy (non-hydrogen) atoms. The molecule has 0 aliphatic carbocycles. The Morgan fingerprint density at radius 3 is 3.00 bits per heavy atom. The molecule has 1 atom stereocenters. The second kappa shape index (κ2) is 2.05. The molecule has 0 saturated carbocycles. The van der Waals surface area contributed by atoms with Gasteiger partial charge in [-0.25, -0.2) is 5.43 Å². The molecule has 1 aliphatic heterocycles. The predicted octanol–water partition coefficient (Wildman–Crippen LogP) is -0.585. The minimum atomic E-state index is -0.0586. The second-order valence-corrected chi connectivity index (χ2v) is 2.18. The minimum absolute atomic E-state index is 0.0586. The van der Waals surface area contributed by atoms with Gasteiger partial charge < -0.3 is 5.73 Å². The summed E-state index contributed by atoms with van der Waals surface area (Å²) in [5.41, 5.74) is 7.66. The molecule has 0 saturated heterocycles. The molecule has 1 rings (SSSR count). The van der Waals surface area contributed by atoms with E-state index in [1.54, 1.807) is 0 Å². The van der Waals surface area contributed by atoms with Gasteiger partial charge in [-0.05, 0) is 0 Å². The van der Waals surface area contributed by atoms with E-state index in [4.69, 9.17) is 5.73 Å². The van der Waals surface area contributed by atoms with Crippen LogP contribution in [-0.4, -0.2) is 11.7 Å². The van der Waals surface area contributed by atoms with Crippen LogP contribution in [0, 0.1) is 5.92 Å². The fraction of sp³-hybridized carbons (Fsp3) is 0.600. The number of hydrogen-bond donors (Lipinski definition) is 2. The van der Waals surface area contributed by atoms with E-state index in [0.717, 1.165) is 0 Å². The Morgan fingerprint density at radius 1 is 1.89 bits per heavy atom. The molecule has 4 nitrogen and oxygen atoms in total. The van der Waals surface area contributed by atoms with E-state index < -0.39 is 0 Å². The number of carbonyl (C=O) groups excluding carboxylic acids is 1. The lowest BCUT2D eigenvalue weighted by Crippen LogP contribution is -2.35. The van der Waals surface area contributed by atoms with Gasteiger partial charge in [-0.2, -0.15) is 5.10 Å². The number of hydrazone groups is 1. The van der Waals surface area contributed by atoms with Gasteiger partial charge >= 0.3 is 0 Å². The Morgan fingerprint density at radius 2 is 2.56 bits per heavy atom. The monoisotopic (exact) mass is 127 g/mol. The zero-order chi connectivity index (χ0) is 6.85. The molecule has 0 aromatic heterocycles. The Hall–Kier alpha value is -1.06. The summed E-state index contributed by atoms with van der Waals surface area (Å²) in [6.45, 7) is 1.87. The molecule has 4 heteroatoms. The Labute approximate surface area is 53.1 Å². The summed E-state index contributed by atoms with van der Waals surface area (Å²) < 4.78 is 0. The summed E-state index contributed by atoms with van der Waals surface area (Å²) in [6, 6.07) is 0. The second-order valence-electron chi connectivity index (χ2n) is 2.18. The highest BCUT2D eigenvalue weighted by molar-refractivity contribution is 5.91. The minimum Gasteiger partial charge on any atom is -0.385 e. The summed E-state index contributed by atoms with van der Waals surface area (Å²) in [5, 5.41) is 3.59. The van der Waals surface area contributed by atoms with Crippen LogP contribution < -0.4 is 11.2 Å². The zero-order valence-corrected chi connectivity index (χ0v) is 5.22. The van der Waals surface area contributed by atoms with Gasteiger partial charge in [0.15, 0.2) is 0 Å². The molecule has 1 amide bonds. The third-order valence-corrected chi connectivity index (χ3v) is 1.31. The number of amidine groups is 1. The van der Waals surface area contributed by atoms with E-state index in [1.807, 2.05) is 6.92 Å². The highest BCUT2D eigenvalue weighted by atomic mass is 16.2. The van der Waals surface area contributed by atoms with Crippen LogP contribution >= 0.6 is 0 Å². The molecular formula is C5H9N3O. The van der Waals surface area contributed by atoms with Crippen molar-refractivity contribution in [3.8, 4) is 0 Å². The smallest absolute Gasteiger partial charge is 0.240 e. The van der Waals surface area contributed by atoms with Gasteiger partial charge in [0.25, 0.3) is 0 Å². The molecular weight excluding hydrogens is 118 g/mol. The van der Waals surface area contributed by atoms with E-state index >= 15 is 0 Å². The van der Waals surface area contributed by atoms with Crippen LogP contribution in [0.2, 0.25) is 0 Å². The van der Waals surface area contributed by atoms with Crippen molar-refractivity contribution in [2.75, 3.05) is 0 Å². The van der Waals surface area contributed by atoms with Crippen molar-refractivity contribution in [1.82, 2.24) is 5.43 Å². The highest BCUT2D eigenvalue weighted by Gasteiger charge is 2.16. The lowest BCUT2D eigenvalue weighted by Gasteiger charge is -2.14. The molecule has 0 spiro atoms. The molecule has 0 aromatic rings. The summed E-state index contributed by atoms with van der Waals surface area (Å²) in [6.07, 6.45) is 0.454. The van der Waals surface area contributed by atoms with Crippen LogP contribution in [0.1, 0.15) is 13.3 Å².